The van der Waals surface area contributed by atoms with Gasteiger partial charge in [0.15, 0.2) is 5.82 Å². The van der Waals surface area contributed by atoms with E-state index < -0.39 is 5.91 Å². The van der Waals surface area contributed by atoms with Crippen LogP contribution in [0.3, 0.4) is 0 Å². The molecule has 0 radical (unpaired) electrons. The second-order valence-electron chi connectivity index (χ2n) is 4.31. The molecule has 1 aromatic heterocycles. The fraction of sp³-hybridized carbons (Fsp3) is 0.600. The van der Waals surface area contributed by atoms with E-state index in [9.17, 15) is 4.79 Å². The highest BCUT2D eigenvalue weighted by molar-refractivity contribution is 7.11. The maximum Gasteiger partial charge on any atom is 0.255 e. The molecular formula is C10H18N4OS. The fourth-order valence-electron chi connectivity index (χ4n) is 1.63. The summed E-state index contributed by atoms with van der Waals surface area (Å²) < 4.78 is 3.93. The van der Waals surface area contributed by atoms with Crippen molar-refractivity contribution in [2.75, 3.05) is 11.1 Å². The zero-order valence-electron chi connectivity index (χ0n) is 9.78. The van der Waals surface area contributed by atoms with Crippen LogP contribution in [0.4, 0.5) is 10.8 Å². The first-order valence-electron chi connectivity index (χ1n) is 5.23. The summed E-state index contributed by atoms with van der Waals surface area (Å²) in [5.41, 5.74) is 11.1. The van der Waals surface area contributed by atoms with Gasteiger partial charge in [-0.2, -0.15) is 4.37 Å². The summed E-state index contributed by atoms with van der Waals surface area (Å²) >= 11 is 1.17. The lowest BCUT2D eigenvalue weighted by Crippen LogP contribution is -2.20. The average Bonchev–Trinajstić information content (AvgIpc) is 2.45. The van der Waals surface area contributed by atoms with E-state index in [1.54, 1.807) is 0 Å². The van der Waals surface area contributed by atoms with Crippen molar-refractivity contribution in [3.63, 3.8) is 0 Å². The minimum absolute atomic E-state index is 0.205. The summed E-state index contributed by atoms with van der Waals surface area (Å²) in [7, 11) is 0. The normalized spacial score (nSPS) is 12.8. The first-order chi connectivity index (χ1) is 7.41. The van der Waals surface area contributed by atoms with Gasteiger partial charge in [0, 0.05) is 6.04 Å². The fourth-order valence-corrected chi connectivity index (χ4v) is 2.46. The van der Waals surface area contributed by atoms with Crippen LogP contribution in [0, 0.1) is 5.92 Å². The Morgan fingerprint density at radius 2 is 2.12 bits per heavy atom. The highest BCUT2D eigenvalue weighted by Crippen LogP contribution is 2.27. The minimum atomic E-state index is -0.537. The van der Waals surface area contributed by atoms with E-state index >= 15 is 0 Å². The van der Waals surface area contributed by atoms with Crippen molar-refractivity contribution in [3.8, 4) is 0 Å². The van der Waals surface area contributed by atoms with E-state index in [-0.39, 0.29) is 11.9 Å². The van der Waals surface area contributed by atoms with Gasteiger partial charge in [-0.05, 0) is 30.8 Å². The van der Waals surface area contributed by atoms with Gasteiger partial charge in [-0.1, -0.05) is 13.8 Å². The summed E-state index contributed by atoms with van der Waals surface area (Å²) in [6.07, 6.45) is 1.01. The van der Waals surface area contributed by atoms with Crippen LogP contribution in [-0.2, 0) is 0 Å². The highest BCUT2D eigenvalue weighted by Gasteiger charge is 2.18. The van der Waals surface area contributed by atoms with Gasteiger partial charge in [0.1, 0.15) is 10.6 Å². The Bertz CT molecular complexity index is 375. The van der Waals surface area contributed by atoms with E-state index in [1.807, 2.05) is 0 Å². The van der Waals surface area contributed by atoms with Gasteiger partial charge in [0.2, 0.25) is 0 Å². The molecule has 0 saturated heterocycles. The Morgan fingerprint density at radius 3 is 2.62 bits per heavy atom. The molecule has 0 bridgehead atoms. The standard InChI is InChI=1S/C10H18N4OS/c1-5(2)4-6(3)13-10-7(9(12)15)8(11)14-16-10/h5-6,13H,4H2,1-3H3,(H2,11,14)(H2,12,15). The minimum Gasteiger partial charge on any atom is -0.382 e. The predicted octanol–water partition coefficient (Wildman–Crippen LogP) is 1.67. The van der Waals surface area contributed by atoms with E-state index in [0.717, 1.165) is 6.42 Å². The Morgan fingerprint density at radius 1 is 1.50 bits per heavy atom. The molecule has 0 spiro atoms. The number of hydrogen-bond donors (Lipinski definition) is 3. The molecule has 1 atom stereocenters. The number of nitrogens with zero attached hydrogens (tertiary/aromatic N) is 1. The first kappa shape index (κ1) is 12.8. The molecule has 1 amide bonds. The van der Waals surface area contributed by atoms with Gasteiger partial charge in [0.05, 0.1) is 0 Å². The van der Waals surface area contributed by atoms with Crippen molar-refractivity contribution in [3.05, 3.63) is 5.56 Å². The van der Waals surface area contributed by atoms with Gasteiger partial charge in [-0.3, -0.25) is 4.79 Å². The molecular weight excluding hydrogens is 224 g/mol. The monoisotopic (exact) mass is 242 g/mol. The van der Waals surface area contributed by atoms with Gasteiger partial charge in [-0.15, -0.1) is 0 Å². The number of amides is 1. The van der Waals surface area contributed by atoms with Crippen LogP contribution in [0.5, 0.6) is 0 Å². The molecule has 1 aromatic rings. The summed E-state index contributed by atoms with van der Waals surface area (Å²) in [5.74, 6) is 0.257. The molecule has 6 heteroatoms. The molecule has 0 fully saturated rings. The number of rotatable bonds is 5. The number of carbonyl (C=O) groups excluding carboxylic acids is 1. The topological polar surface area (TPSA) is 94.0 Å². The van der Waals surface area contributed by atoms with E-state index in [1.165, 1.54) is 11.5 Å². The Kier molecular flexibility index (Phi) is 4.12. The molecule has 90 valence electrons. The third-order valence-electron chi connectivity index (χ3n) is 2.17. The zero-order valence-corrected chi connectivity index (χ0v) is 10.6. The third-order valence-corrected chi connectivity index (χ3v) is 2.96. The Hall–Kier alpha value is -1.30. The molecule has 0 aromatic carbocycles. The summed E-state index contributed by atoms with van der Waals surface area (Å²) in [6.45, 7) is 6.35. The molecule has 1 rings (SSSR count). The van der Waals surface area contributed by atoms with Crippen molar-refractivity contribution >= 4 is 28.3 Å². The van der Waals surface area contributed by atoms with E-state index in [0.29, 0.717) is 16.5 Å². The number of carbonyl (C=O) groups is 1. The van der Waals surface area contributed by atoms with Crippen LogP contribution < -0.4 is 16.8 Å². The zero-order chi connectivity index (χ0) is 12.3. The van der Waals surface area contributed by atoms with E-state index in [4.69, 9.17) is 11.5 Å². The van der Waals surface area contributed by atoms with Crippen LogP contribution in [0.1, 0.15) is 37.6 Å². The first-order valence-corrected chi connectivity index (χ1v) is 6.00. The quantitative estimate of drug-likeness (QED) is 0.732. The lowest BCUT2D eigenvalue weighted by atomic mass is 10.1. The van der Waals surface area contributed by atoms with Crippen molar-refractivity contribution in [2.24, 2.45) is 11.7 Å². The Labute approximate surface area is 99.4 Å². The lowest BCUT2D eigenvalue weighted by Gasteiger charge is -2.16. The second-order valence-corrected chi connectivity index (χ2v) is 5.08. The van der Waals surface area contributed by atoms with Gasteiger partial charge >= 0.3 is 0 Å². The lowest BCUT2D eigenvalue weighted by molar-refractivity contribution is 0.100. The van der Waals surface area contributed by atoms with Crippen LogP contribution >= 0.6 is 11.5 Å². The van der Waals surface area contributed by atoms with Gasteiger partial charge in [-0.25, -0.2) is 0 Å². The van der Waals surface area contributed by atoms with Crippen molar-refractivity contribution in [1.29, 1.82) is 0 Å². The SMILES string of the molecule is CC(C)CC(C)Nc1snc(N)c1C(N)=O. The maximum absolute atomic E-state index is 11.2. The number of aromatic nitrogens is 1. The van der Waals surface area contributed by atoms with Gasteiger partial charge < -0.3 is 16.8 Å². The molecule has 0 saturated carbocycles. The average molecular weight is 242 g/mol. The van der Waals surface area contributed by atoms with Crippen LogP contribution in [-0.4, -0.2) is 16.3 Å². The summed E-state index contributed by atoms with van der Waals surface area (Å²) in [5, 5.41) is 3.88. The molecule has 1 unspecified atom stereocenters. The van der Waals surface area contributed by atoms with Crippen LogP contribution in [0.15, 0.2) is 0 Å². The number of nitrogen functional groups attached to an aromatic ring is 1. The highest BCUT2D eigenvalue weighted by atomic mass is 32.1. The molecule has 1 heterocycles. The molecule has 5 N–H and O–H groups in total. The van der Waals surface area contributed by atoms with E-state index in [2.05, 4.69) is 30.5 Å². The van der Waals surface area contributed by atoms with Gasteiger partial charge in [0.25, 0.3) is 5.91 Å². The number of primary amides is 1. The van der Waals surface area contributed by atoms with Crippen LogP contribution in [0.2, 0.25) is 0 Å². The van der Waals surface area contributed by atoms with Crippen molar-refractivity contribution in [1.82, 2.24) is 4.37 Å². The Balaban J connectivity index is 2.77. The van der Waals surface area contributed by atoms with Crippen molar-refractivity contribution < 1.29 is 4.79 Å². The molecule has 0 aliphatic carbocycles. The number of nitrogens with two attached hydrogens (primary N) is 2. The smallest absolute Gasteiger partial charge is 0.255 e. The number of hydrogen-bond acceptors (Lipinski definition) is 5. The second kappa shape index (κ2) is 5.16. The maximum atomic E-state index is 11.2. The predicted molar refractivity (Wildman–Crippen MR) is 67.6 cm³/mol. The number of nitrogens with one attached hydrogen (secondary N) is 1. The summed E-state index contributed by atoms with van der Waals surface area (Å²) in [6, 6.07) is 0.262. The molecule has 0 aliphatic rings. The molecule has 0 aliphatic heterocycles. The molecule has 16 heavy (non-hydrogen) atoms. The van der Waals surface area contributed by atoms with Crippen LogP contribution in [0.25, 0.3) is 0 Å². The largest absolute Gasteiger partial charge is 0.382 e. The van der Waals surface area contributed by atoms with Crippen molar-refractivity contribution in [2.45, 2.75) is 33.2 Å². The number of anilines is 2. The summed E-state index contributed by atoms with van der Waals surface area (Å²) in [4.78, 5) is 11.2. The third kappa shape index (κ3) is 3.10. The molecule has 5 nitrogen and oxygen atoms in total.